The fourth-order valence-electron chi connectivity index (χ4n) is 7.82. The van der Waals surface area contributed by atoms with Crippen molar-refractivity contribution in [3.8, 4) is 0 Å². The molecule has 0 spiro atoms. The van der Waals surface area contributed by atoms with Crippen LogP contribution in [0.5, 0.6) is 0 Å². The smallest absolute Gasteiger partial charge is 0.0314 e. The Bertz CT molecular complexity index is 852. The lowest BCUT2D eigenvalue weighted by atomic mass is 9.60. The van der Waals surface area contributed by atoms with Gasteiger partial charge in [0.1, 0.15) is 0 Å². The lowest BCUT2D eigenvalue weighted by Crippen LogP contribution is -2.36. The third-order valence-electron chi connectivity index (χ3n) is 10.3. The molecule has 2 saturated carbocycles. The number of nitrogens with two attached hydrogens (primary N) is 2. The Kier molecular flexibility index (Phi) is 11.5. The molecule has 0 amide bonds. The standard InChI is InChI=1S/C36H56N2/c1-2-3-4-5-6-7-8-9-10-11-12-29-13-15-30(16-14-29)31-25-27-36(28-26-31,32-17-21-34(37)22-18-32)33-19-23-35(38)24-20-33/h17-24,29-31H,2-16,25-28,37-38H2,1H3. The van der Waals surface area contributed by atoms with Crippen LogP contribution in [0.1, 0.15) is 140 Å². The molecule has 38 heavy (non-hydrogen) atoms. The molecular weight excluding hydrogens is 460 g/mol. The molecule has 2 nitrogen and oxygen atoms in total. The van der Waals surface area contributed by atoms with Crippen LogP contribution >= 0.6 is 0 Å². The summed E-state index contributed by atoms with van der Waals surface area (Å²) in [5, 5.41) is 0. The van der Waals surface area contributed by atoms with Gasteiger partial charge in [-0.2, -0.15) is 0 Å². The van der Waals surface area contributed by atoms with E-state index in [0.29, 0.717) is 0 Å². The van der Waals surface area contributed by atoms with Gasteiger partial charge in [0.05, 0.1) is 0 Å². The summed E-state index contributed by atoms with van der Waals surface area (Å²) in [4.78, 5) is 0. The molecule has 4 N–H and O–H groups in total. The Balaban J connectivity index is 1.19. The van der Waals surface area contributed by atoms with Gasteiger partial charge in [-0.1, -0.05) is 115 Å². The number of nitrogen functional groups attached to an aromatic ring is 2. The van der Waals surface area contributed by atoms with Crippen molar-refractivity contribution < 1.29 is 0 Å². The van der Waals surface area contributed by atoms with E-state index in [1.807, 2.05) is 0 Å². The van der Waals surface area contributed by atoms with E-state index in [4.69, 9.17) is 11.5 Å². The highest BCUT2D eigenvalue weighted by Crippen LogP contribution is 2.50. The van der Waals surface area contributed by atoms with Gasteiger partial charge in [0.2, 0.25) is 0 Å². The van der Waals surface area contributed by atoms with Gasteiger partial charge in [-0.05, 0) is 91.7 Å². The third kappa shape index (κ3) is 8.03. The van der Waals surface area contributed by atoms with Crippen molar-refractivity contribution in [3.05, 3.63) is 59.7 Å². The second-order valence-electron chi connectivity index (χ2n) is 12.9. The number of unbranched alkanes of at least 4 members (excludes halogenated alkanes) is 9. The van der Waals surface area contributed by atoms with Gasteiger partial charge in [0.15, 0.2) is 0 Å². The zero-order valence-electron chi connectivity index (χ0n) is 24.4. The van der Waals surface area contributed by atoms with Crippen LogP contribution in [-0.4, -0.2) is 0 Å². The number of rotatable bonds is 14. The number of hydrogen-bond acceptors (Lipinski definition) is 2. The van der Waals surface area contributed by atoms with Gasteiger partial charge in [0, 0.05) is 16.8 Å². The second-order valence-corrected chi connectivity index (χ2v) is 12.9. The average molecular weight is 517 g/mol. The van der Waals surface area contributed by atoms with E-state index in [0.717, 1.165) is 29.1 Å². The zero-order valence-corrected chi connectivity index (χ0v) is 24.4. The summed E-state index contributed by atoms with van der Waals surface area (Å²) in [6, 6.07) is 17.4. The van der Waals surface area contributed by atoms with E-state index in [-0.39, 0.29) is 5.41 Å². The maximum absolute atomic E-state index is 6.05. The van der Waals surface area contributed by atoms with E-state index in [9.17, 15) is 0 Å². The van der Waals surface area contributed by atoms with E-state index >= 15 is 0 Å². The van der Waals surface area contributed by atoms with Crippen LogP contribution in [0, 0.1) is 17.8 Å². The van der Waals surface area contributed by atoms with Gasteiger partial charge in [0.25, 0.3) is 0 Å². The topological polar surface area (TPSA) is 52.0 Å². The van der Waals surface area contributed by atoms with E-state index < -0.39 is 0 Å². The van der Waals surface area contributed by atoms with Crippen LogP contribution in [-0.2, 0) is 5.41 Å². The van der Waals surface area contributed by atoms with E-state index in [1.54, 1.807) is 0 Å². The third-order valence-corrected chi connectivity index (χ3v) is 10.3. The zero-order chi connectivity index (χ0) is 26.6. The first-order valence-corrected chi connectivity index (χ1v) is 16.3. The summed E-state index contributed by atoms with van der Waals surface area (Å²) < 4.78 is 0. The first-order valence-electron chi connectivity index (χ1n) is 16.3. The Hall–Kier alpha value is -1.96. The van der Waals surface area contributed by atoms with Crippen LogP contribution in [0.3, 0.4) is 0 Å². The highest BCUT2D eigenvalue weighted by Gasteiger charge is 2.40. The second kappa shape index (κ2) is 15.0. The summed E-state index contributed by atoms with van der Waals surface area (Å²) in [6.45, 7) is 2.30. The summed E-state index contributed by atoms with van der Waals surface area (Å²) in [6.07, 6.45) is 27.1. The maximum Gasteiger partial charge on any atom is 0.0314 e. The largest absolute Gasteiger partial charge is 0.399 e. The molecule has 2 heteroatoms. The molecule has 2 fully saturated rings. The van der Waals surface area contributed by atoms with Crippen molar-refractivity contribution in [2.24, 2.45) is 17.8 Å². The van der Waals surface area contributed by atoms with E-state index in [2.05, 4.69) is 55.5 Å². The normalized spacial score (nSPS) is 21.9. The molecule has 0 heterocycles. The Morgan fingerprint density at radius 3 is 1.45 bits per heavy atom. The Morgan fingerprint density at radius 1 is 0.553 bits per heavy atom. The molecule has 0 aromatic heterocycles. The van der Waals surface area contributed by atoms with Gasteiger partial charge in [-0.25, -0.2) is 0 Å². The maximum atomic E-state index is 6.05. The van der Waals surface area contributed by atoms with Crippen molar-refractivity contribution in [1.82, 2.24) is 0 Å². The van der Waals surface area contributed by atoms with Crippen molar-refractivity contribution in [2.45, 2.75) is 134 Å². The Morgan fingerprint density at radius 2 is 0.974 bits per heavy atom. The predicted octanol–water partition coefficient (Wildman–Crippen LogP) is 10.4. The van der Waals surface area contributed by atoms with Crippen molar-refractivity contribution >= 4 is 11.4 Å². The van der Waals surface area contributed by atoms with Gasteiger partial charge in [-0.15, -0.1) is 0 Å². The molecule has 2 aliphatic carbocycles. The molecule has 2 aliphatic rings. The molecule has 0 saturated heterocycles. The summed E-state index contributed by atoms with van der Waals surface area (Å²) in [7, 11) is 0. The van der Waals surface area contributed by atoms with Crippen LogP contribution in [0.25, 0.3) is 0 Å². The van der Waals surface area contributed by atoms with Crippen molar-refractivity contribution in [3.63, 3.8) is 0 Å². The molecule has 210 valence electrons. The van der Waals surface area contributed by atoms with Crippen LogP contribution < -0.4 is 11.5 Å². The number of hydrogen-bond donors (Lipinski definition) is 2. The van der Waals surface area contributed by atoms with Crippen molar-refractivity contribution in [1.29, 1.82) is 0 Å². The minimum atomic E-state index is 0.102. The SMILES string of the molecule is CCCCCCCCCCCCC1CCC(C2CCC(c3ccc(N)cc3)(c3ccc(N)cc3)CC2)CC1. The first-order chi connectivity index (χ1) is 18.6. The van der Waals surface area contributed by atoms with Gasteiger partial charge < -0.3 is 11.5 Å². The minimum Gasteiger partial charge on any atom is -0.399 e. The highest BCUT2D eigenvalue weighted by molar-refractivity contribution is 5.49. The fourth-order valence-corrected chi connectivity index (χ4v) is 7.82. The molecule has 0 atom stereocenters. The Labute approximate surface area is 234 Å². The predicted molar refractivity (Wildman–Crippen MR) is 166 cm³/mol. The summed E-state index contributed by atoms with van der Waals surface area (Å²) in [5.74, 6) is 2.87. The highest BCUT2D eigenvalue weighted by atomic mass is 14.6. The van der Waals surface area contributed by atoms with Crippen LogP contribution in [0.2, 0.25) is 0 Å². The average Bonchev–Trinajstić information content (AvgIpc) is 2.95. The lowest BCUT2D eigenvalue weighted by Gasteiger charge is -2.44. The van der Waals surface area contributed by atoms with Gasteiger partial charge in [-0.3, -0.25) is 0 Å². The molecule has 2 aromatic carbocycles. The number of benzene rings is 2. The summed E-state index contributed by atoms with van der Waals surface area (Å²) in [5.41, 5.74) is 16.8. The van der Waals surface area contributed by atoms with E-state index in [1.165, 1.54) is 133 Å². The molecule has 0 unspecified atom stereocenters. The quantitative estimate of drug-likeness (QED) is 0.194. The molecular formula is C36H56N2. The van der Waals surface area contributed by atoms with Gasteiger partial charge >= 0.3 is 0 Å². The van der Waals surface area contributed by atoms with Crippen molar-refractivity contribution in [2.75, 3.05) is 11.5 Å². The first kappa shape index (κ1) is 29.0. The molecule has 4 rings (SSSR count). The fraction of sp³-hybridized carbons (Fsp3) is 0.667. The monoisotopic (exact) mass is 516 g/mol. The lowest BCUT2D eigenvalue weighted by molar-refractivity contribution is 0.140. The minimum absolute atomic E-state index is 0.102. The molecule has 2 aromatic rings. The molecule has 0 radical (unpaired) electrons. The summed E-state index contributed by atoms with van der Waals surface area (Å²) >= 11 is 0. The number of anilines is 2. The van der Waals surface area contributed by atoms with Crippen LogP contribution in [0.15, 0.2) is 48.5 Å². The molecule has 0 bridgehead atoms. The van der Waals surface area contributed by atoms with Crippen LogP contribution in [0.4, 0.5) is 11.4 Å². The molecule has 0 aliphatic heterocycles.